The van der Waals surface area contributed by atoms with Crippen LogP contribution in [-0.2, 0) is 13.0 Å². The fourth-order valence-corrected chi connectivity index (χ4v) is 9.34. The van der Waals surface area contributed by atoms with Gasteiger partial charge >= 0.3 is 0 Å². The lowest BCUT2D eigenvalue weighted by molar-refractivity contribution is -0.0647. The van der Waals surface area contributed by atoms with E-state index in [-0.39, 0.29) is 11.3 Å². The number of rotatable bonds is 11. The summed E-state index contributed by atoms with van der Waals surface area (Å²) in [5, 5.41) is 28.6. The number of pyridine rings is 2. The second kappa shape index (κ2) is 15.6. The molecule has 0 aliphatic heterocycles. The van der Waals surface area contributed by atoms with Crippen LogP contribution in [-0.4, -0.2) is 44.8 Å². The Morgan fingerprint density at radius 3 is 2.46 bits per heavy atom. The first kappa shape index (κ1) is 35.9. The van der Waals surface area contributed by atoms with Crippen LogP contribution in [0, 0.1) is 36.0 Å². The summed E-state index contributed by atoms with van der Waals surface area (Å²) in [5.41, 5.74) is 7.04. The van der Waals surface area contributed by atoms with Crippen LogP contribution in [0.2, 0.25) is 0 Å². The van der Waals surface area contributed by atoms with Gasteiger partial charge in [-0.3, -0.25) is 14.8 Å². The van der Waals surface area contributed by atoms with Crippen molar-refractivity contribution >= 4 is 5.91 Å². The number of phenolic OH excluding ortho intramolecular Hbond substituents is 1. The van der Waals surface area contributed by atoms with E-state index in [1.54, 1.807) is 0 Å². The maximum Gasteiger partial charge on any atom is 0.251 e. The number of carbonyl (C=O) groups is 1. The summed E-state index contributed by atoms with van der Waals surface area (Å²) >= 11 is 0. The minimum Gasteiger partial charge on any atom is -0.508 e. The van der Waals surface area contributed by atoms with Gasteiger partial charge in [0.15, 0.2) is 0 Å². The molecular formula is C45H52N4O3. The molecule has 0 radical (unpaired) electrons. The highest BCUT2D eigenvalue weighted by Gasteiger charge is 2.61. The van der Waals surface area contributed by atoms with Crippen molar-refractivity contribution in [1.29, 1.82) is 0 Å². The van der Waals surface area contributed by atoms with Gasteiger partial charge in [0.1, 0.15) is 11.4 Å². The van der Waals surface area contributed by atoms with Gasteiger partial charge in [0.25, 0.3) is 5.91 Å². The van der Waals surface area contributed by atoms with Crippen LogP contribution >= 0.6 is 0 Å². The molecule has 270 valence electrons. The largest absolute Gasteiger partial charge is 0.508 e. The van der Waals surface area contributed by atoms with E-state index in [4.69, 9.17) is 0 Å². The van der Waals surface area contributed by atoms with Crippen LogP contribution in [0.5, 0.6) is 5.75 Å². The highest BCUT2D eigenvalue weighted by Crippen LogP contribution is 2.64. The third kappa shape index (κ3) is 7.65. The number of aryl methyl sites for hydroxylation is 2. The van der Waals surface area contributed by atoms with Crippen molar-refractivity contribution < 1.29 is 15.0 Å². The first-order valence-electron chi connectivity index (χ1n) is 19.3. The van der Waals surface area contributed by atoms with E-state index in [1.165, 1.54) is 22.3 Å². The predicted molar refractivity (Wildman–Crippen MR) is 206 cm³/mol. The Morgan fingerprint density at radius 1 is 0.885 bits per heavy atom. The summed E-state index contributed by atoms with van der Waals surface area (Å²) in [6.45, 7) is 6.72. The molecule has 2 saturated carbocycles. The molecule has 1 amide bonds. The van der Waals surface area contributed by atoms with E-state index in [2.05, 4.69) is 64.5 Å². The molecule has 0 unspecified atom stereocenters. The van der Waals surface area contributed by atoms with Crippen LogP contribution in [0.1, 0.15) is 109 Å². The molecule has 2 aromatic heterocycles. The summed E-state index contributed by atoms with van der Waals surface area (Å²) in [4.78, 5) is 21.7. The number of unbranched alkanes of at least 4 members (excludes halogenated alkanes) is 3. The molecule has 52 heavy (non-hydrogen) atoms. The van der Waals surface area contributed by atoms with Crippen LogP contribution in [0.15, 0.2) is 79.1 Å². The van der Waals surface area contributed by atoms with Crippen molar-refractivity contribution in [2.75, 3.05) is 13.1 Å². The van der Waals surface area contributed by atoms with Crippen LogP contribution in [0.3, 0.4) is 0 Å². The van der Waals surface area contributed by atoms with Gasteiger partial charge in [0.05, 0.1) is 11.4 Å². The van der Waals surface area contributed by atoms with Crippen molar-refractivity contribution in [3.63, 3.8) is 0 Å². The number of benzene rings is 2. The van der Waals surface area contributed by atoms with E-state index < -0.39 is 5.60 Å². The SMILES string of the molecule is Cc1ccnc(-c2cc(CNCCCCCCNC(=O)c3ccc(C#C[C@]4(O)CC[C@H]5[C@@H]6CCc7cc(O)ccc7[C@H]6CC[C@@]54C)cc3)ccn2)c1. The normalized spacial score (nSPS) is 24.6. The topological polar surface area (TPSA) is 107 Å². The third-order valence-corrected chi connectivity index (χ3v) is 12.3. The summed E-state index contributed by atoms with van der Waals surface area (Å²) in [7, 11) is 0. The lowest BCUT2D eigenvalue weighted by Gasteiger charge is -2.52. The molecule has 3 aliphatic carbocycles. The summed E-state index contributed by atoms with van der Waals surface area (Å²) < 4.78 is 0. The molecule has 7 nitrogen and oxygen atoms in total. The number of phenols is 1. The lowest BCUT2D eigenvalue weighted by atomic mass is 9.53. The number of hydrogen-bond acceptors (Lipinski definition) is 6. The first-order valence-corrected chi connectivity index (χ1v) is 19.3. The molecule has 4 aromatic rings. The maximum atomic E-state index is 12.8. The second-order valence-electron chi connectivity index (χ2n) is 15.6. The molecule has 7 heteroatoms. The van der Waals surface area contributed by atoms with Gasteiger partial charge in [-0.15, -0.1) is 0 Å². The molecule has 7 rings (SSSR count). The highest BCUT2D eigenvalue weighted by molar-refractivity contribution is 5.94. The molecule has 2 fully saturated rings. The monoisotopic (exact) mass is 696 g/mol. The van der Waals surface area contributed by atoms with Gasteiger partial charge in [-0.05, 0) is 166 Å². The summed E-state index contributed by atoms with van der Waals surface area (Å²) in [6.07, 6.45) is 13.7. The van der Waals surface area contributed by atoms with Gasteiger partial charge in [-0.1, -0.05) is 37.7 Å². The average molecular weight is 697 g/mol. The molecule has 2 aromatic carbocycles. The van der Waals surface area contributed by atoms with E-state index in [9.17, 15) is 15.0 Å². The van der Waals surface area contributed by atoms with Gasteiger partial charge in [0.2, 0.25) is 0 Å². The number of aromatic nitrogens is 2. The van der Waals surface area contributed by atoms with Crippen LogP contribution in [0.4, 0.5) is 0 Å². The molecular weight excluding hydrogens is 645 g/mol. The number of nitrogens with one attached hydrogen (secondary N) is 2. The van der Waals surface area contributed by atoms with Crippen LogP contribution in [0.25, 0.3) is 11.4 Å². The summed E-state index contributed by atoms with van der Waals surface area (Å²) in [5.74, 6) is 8.38. The highest BCUT2D eigenvalue weighted by atomic mass is 16.3. The van der Waals surface area contributed by atoms with E-state index in [1.807, 2.05) is 60.9 Å². The molecule has 0 spiro atoms. The Morgan fingerprint density at radius 2 is 1.65 bits per heavy atom. The first-order chi connectivity index (χ1) is 25.2. The van der Waals surface area contributed by atoms with E-state index in [0.717, 1.165) is 87.8 Å². The van der Waals surface area contributed by atoms with Crippen molar-refractivity contribution in [1.82, 2.24) is 20.6 Å². The standard InChI is InChI=1S/C45H52N4O3/c1-31-18-25-47-41(27-31)42-28-33(19-26-48-42)30-46-23-5-3-4-6-24-49-43(51)34-9-7-32(8-10-34)15-21-45(52)22-17-40-39-13-11-35-29-36(50)12-14-37(35)38(39)16-20-44(40,45)2/h7-10,12,14,18-19,25-29,38-40,46,50,52H,3-6,11,13,16-17,20,22-24,30H2,1-2H3,(H,49,51)/t38-,39-,40+,44+,45+/m1/s1. The van der Waals surface area contributed by atoms with Gasteiger partial charge in [-0.2, -0.15) is 0 Å². The van der Waals surface area contributed by atoms with Gasteiger partial charge in [-0.25, -0.2) is 0 Å². The minimum absolute atomic E-state index is 0.0652. The number of aromatic hydroxyl groups is 1. The Bertz CT molecular complexity index is 1950. The van der Waals surface area contributed by atoms with Crippen molar-refractivity contribution in [2.24, 2.45) is 17.3 Å². The number of hydrogen-bond donors (Lipinski definition) is 4. The van der Waals surface area contributed by atoms with Crippen LogP contribution < -0.4 is 10.6 Å². The Hall–Kier alpha value is -4.51. The maximum absolute atomic E-state index is 12.8. The summed E-state index contributed by atoms with van der Waals surface area (Å²) in [6, 6.07) is 21.5. The molecule has 0 saturated heterocycles. The quantitative estimate of drug-likeness (QED) is 0.0940. The van der Waals surface area contributed by atoms with Crippen molar-refractivity contribution in [3.05, 3.63) is 113 Å². The number of aliphatic hydroxyl groups is 1. The van der Waals surface area contributed by atoms with Crippen molar-refractivity contribution in [3.8, 4) is 29.0 Å². The Balaban J connectivity index is 0.820. The molecule has 3 aliphatic rings. The smallest absolute Gasteiger partial charge is 0.251 e. The fourth-order valence-electron chi connectivity index (χ4n) is 9.34. The second-order valence-corrected chi connectivity index (χ2v) is 15.6. The zero-order valence-electron chi connectivity index (χ0n) is 30.6. The fraction of sp³-hybridized carbons (Fsp3) is 0.444. The average Bonchev–Trinajstić information content (AvgIpc) is 3.43. The zero-order chi connectivity index (χ0) is 36.1. The Labute approximate surface area is 308 Å². The van der Waals surface area contributed by atoms with Crippen molar-refractivity contribution in [2.45, 2.75) is 96.1 Å². The number of carbonyl (C=O) groups excluding carboxylic acids is 1. The minimum atomic E-state index is -1.02. The number of fused-ring (bicyclic) bond motifs is 5. The van der Waals surface area contributed by atoms with E-state index in [0.29, 0.717) is 42.0 Å². The van der Waals surface area contributed by atoms with Gasteiger partial charge in [0, 0.05) is 42.0 Å². The lowest BCUT2D eigenvalue weighted by Crippen LogP contribution is -2.50. The molecule has 0 bridgehead atoms. The molecule has 2 heterocycles. The van der Waals surface area contributed by atoms with Gasteiger partial charge < -0.3 is 20.8 Å². The number of amides is 1. The Kier molecular flexibility index (Phi) is 10.8. The molecule has 4 N–H and O–H groups in total. The zero-order valence-corrected chi connectivity index (χ0v) is 30.6. The number of nitrogens with zero attached hydrogens (tertiary/aromatic N) is 2. The third-order valence-electron chi connectivity index (χ3n) is 12.3. The molecule has 5 atom stereocenters. The predicted octanol–water partition coefficient (Wildman–Crippen LogP) is 7.88. The van der Waals surface area contributed by atoms with E-state index >= 15 is 0 Å².